The van der Waals surface area contributed by atoms with Gasteiger partial charge in [-0.3, -0.25) is 4.31 Å². The van der Waals surface area contributed by atoms with Crippen molar-refractivity contribution >= 4 is 21.7 Å². The lowest BCUT2D eigenvalue weighted by molar-refractivity contribution is 0.0661. The summed E-state index contributed by atoms with van der Waals surface area (Å²) in [5, 5.41) is 8.87. The fourth-order valence-corrected chi connectivity index (χ4v) is 3.22. The molecule has 0 aliphatic heterocycles. The first kappa shape index (κ1) is 15.1. The van der Waals surface area contributed by atoms with Crippen molar-refractivity contribution in [2.75, 3.05) is 11.4 Å². The first-order valence-corrected chi connectivity index (χ1v) is 7.57. The standard InChI is InChI=1S/C14H15NO5S/c1-9-4-6-11(7-5-9)15(3)21(18,19)13-8-12(14(16)17)20-10(13)2/h4-8H,1-3H3,(H,16,17). The highest BCUT2D eigenvalue weighted by Crippen LogP contribution is 2.26. The van der Waals surface area contributed by atoms with Crippen LogP contribution in [0.4, 0.5) is 5.69 Å². The summed E-state index contributed by atoms with van der Waals surface area (Å²) in [6.45, 7) is 3.32. The second-order valence-electron chi connectivity index (χ2n) is 4.64. The highest BCUT2D eigenvalue weighted by Gasteiger charge is 2.28. The lowest BCUT2D eigenvalue weighted by Gasteiger charge is -2.19. The van der Waals surface area contributed by atoms with Gasteiger partial charge in [0.05, 0.1) is 5.69 Å². The first-order chi connectivity index (χ1) is 9.73. The van der Waals surface area contributed by atoms with Crippen molar-refractivity contribution in [1.82, 2.24) is 0 Å². The molecule has 1 aromatic carbocycles. The molecule has 21 heavy (non-hydrogen) atoms. The predicted molar refractivity (Wildman–Crippen MR) is 77.2 cm³/mol. The van der Waals surface area contributed by atoms with E-state index in [-0.39, 0.29) is 10.7 Å². The van der Waals surface area contributed by atoms with Gasteiger partial charge >= 0.3 is 5.97 Å². The van der Waals surface area contributed by atoms with Crippen LogP contribution in [-0.2, 0) is 10.0 Å². The van der Waals surface area contributed by atoms with E-state index in [9.17, 15) is 13.2 Å². The Morgan fingerprint density at radius 1 is 1.19 bits per heavy atom. The highest BCUT2D eigenvalue weighted by molar-refractivity contribution is 7.92. The van der Waals surface area contributed by atoms with Gasteiger partial charge in [-0.05, 0) is 26.0 Å². The molecule has 1 N–H and O–H groups in total. The van der Waals surface area contributed by atoms with Crippen LogP contribution < -0.4 is 4.31 Å². The van der Waals surface area contributed by atoms with E-state index in [1.54, 1.807) is 24.3 Å². The summed E-state index contributed by atoms with van der Waals surface area (Å²) in [6.07, 6.45) is 0. The molecule has 0 unspecified atom stereocenters. The number of nitrogens with zero attached hydrogens (tertiary/aromatic N) is 1. The van der Waals surface area contributed by atoms with Crippen molar-refractivity contribution in [3.05, 3.63) is 47.4 Å². The van der Waals surface area contributed by atoms with E-state index in [1.807, 2.05) is 6.92 Å². The number of hydrogen-bond acceptors (Lipinski definition) is 4. The van der Waals surface area contributed by atoms with E-state index >= 15 is 0 Å². The van der Waals surface area contributed by atoms with Gasteiger partial charge in [-0.1, -0.05) is 17.7 Å². The first-order valence-electron chi connectivity index (χ1n) is 6.13. The van der Waals surface area contributed by atoms with Gasteiger partial charge in [0.15, 0.2) is 0 Å². The monoisotopic (exact) mass is 309 g/mol. The maximum atomic E-state index is 12.5. The van der Waals surface area contributed by atoms with E-state index < -0.39 is 21.8 Å². The average molecular weight is 309 g/mol. The zero-order chi connectivity index (χ0) is 15.8. The van der Waals surface area contributed by atoms with Crippen molar-refractivity contribution in [1.29, 1.82) is 0 Å². The van der Waals surface area contributed by atoms with Crippen LogP contribution in [0, 0.1) is 13.8 Å². The van der Waals surface area contributed by atoms with Gasteiger partial charge in [-0.25, -0.2) is 13.2 Å². The quantitative estimate of drug-likeness (QED) is 0.937. The minimum Gasteiger partial charge on any atom is -0.475 e. The zero-order valence-electron chi connectivity index (χ0n) is 11.8. The molecule has 6 nitrogen and oxygen atoms in total. The van der Waals surface area contributed by atoms with Gasteiger partial charge in [0.2, 0.25) is 5.76 Å². The Kier molecular flexibility index (Phi) is 3.78. The molecule has 1 heterocycles. The number of anilines is 1. The molecule has 0 bridgehead atoms. The van der Waals surface area contributed by atoms with Crippen molar-refractivity contribution in [2.24, 2.45) is 0 Å². The number of benzene rings is 1. The lowest BCUT2D eigenvalue weighted by atomic mass is 10.2. The molecule has 7 heteroatoms. The van der Waals surface area contributed by atoms with Gasteiger partial charge in [-0.15, -0.1) is 0 Å². The van der Waals surface area contributed by atoms with Gasteiger partial charge in [0.25, 0.3) is 10.0 Å². The normalized spacial score (nSPS) is 11.4. The van der Waals surface area contributed by atoms with Crippen LogP contribution in [0.3, 0.4) is 0 Å². The molecule has 2 aromatic rings. The van der Waals surface area contributed by atoms with Gasteiger partial charge < -0.3 is 9.52 Å². The van der Waals surface area contributed by atoms with E-state index in [0.29, 0.717) is 5.69 Å². The van der Waals surface area contributed by atoms with Crippen LogP contribution >= 0.6 is 0 Å². The topological polar surface area (TPSA) is 87.8 Å². The summed E-state index contributed by atoms with van der Waals surface area (Å²) >= 11 is 0. The molecule has 0 saturated heterocycles. The van der Waals surface area contributed by atoms with E-state index in [1.165, 1.54) is 14.0 Å². The molecular weight excluding hydrogens is 294 g/mol. The number of furan rings is 1. The number of sulfonamides is 1. The third-order valence-corrected chi connectivity index (χ3v) is 5.01. The minimum absolute atomic E-state index is 0.0476. The second kappa shape index (κ2) is 5.25. The van der Waals surface area contributed by atoms with Crippen molar-refractivity contribution < 1.29 is 22.7 Å². The number of aryl methyl sites for hydroxylation is 2. The van der Waals surface area contributed by atoms with Crippen LogP contribution in [0.25, 0.3) is 0 Å². The Hall–Kier alpha value is -2.28. The minimum atomic E-state index is -3.87. The largest absolute Gasteiger partial charge is 0.475 e. The fourth-order valence-electron chi connectivity index (χ4n) is 1.87. The molecule has 1 aromatic heterocycles. The summed E-state index contributed by atoms with van der Waals surface area (Å²) in [5.74, 6) is -1.66. The van der Waals surface area contributed by atoms with Crippen LogP contribution in [-0.4, -0.2) is 26.5 Å². The number of carbonyl (C=O) groups is 1. The Morgan fingerprint density at radius 3 is 2.24 bits per heavy atom. The van der Waals surface area contributed by atoms with Crippen molar-refractivity contribution in [2.45, 2.75) is 18.7 Å². The Bertz CT molecular complexity index is 774. The molecule has 0 spiro atoms. The number of hydrogen-bond donors (Lipinski definition) is 1. The van der Waals surface area contributed by atoms with Crippen molar-refractivity contribution in [3.8, 4) is 0 Å². The maximum Gasteiger partial charge on any atom is 0.371 e. The van der Waals surface area contributed by atoms with Crippen LogP contribution in [0.2, 0.25) is 0 Å². The summed E-state index contributed by atoms with van der Waals surface area (Å²) in [7, 11) is -2.46. The lowest BCUT2D eigenvalue weighted by Crippen LogP contribution is -2.26. The molecule has 112 valence electrons. The molecule has 0 amide bonds. The van der Waals surface area contributed by atoms with E-state index in [0.717, 1.165) is 15.9 Å². The van der Waals surface area contributed by atoms with Gasteiger partial charge in [-0.2, -0.15) is 0 Å². The van der Waals surface area contributed by atoms with E-state index in [2.05, 4.69) is 0 Å². The van der Waals surface area contributed by atoms with Gasteiger partial charge in [0, 0.05) is 13.1 Å². The molecule has 0 aliphatic rings. The molecule has 0 aliphatic carbocycles. The third-order valence-electron chi connectivity index (χ3n) is 3.12. The average Bonchev–Trinajstić information content (AvgIpc) is 2.82. The smallest absolute Gasteiger partial charge is 0.371 e. The molecule has 0 radical (unpaired) electrons. The summed E-state index contributed by atoms with van der Waals surface area (Å²) in [5.41, 5.74) is 1.50. The molecule has 2 rings (SSSR count). The molecule has 0 saturated carbocycles. The number of rotatable bonds is 4. The summed E-state index contributed by atoms with van der Waals surface area (Å²) < 4.78 is 31.1. The molecule has 0 fully saturated rings. The third kappa shape index (κ3) is 2.78. The summed E-state index contributed by atoms with van der Waals surface area (Å²) in [6, 6.07) is 7.98. The van der Waals surface area contributed by atoms with Gasteiger partial charge in [0.1, 0.15) is 10.7 Å². The Balaban J connectivity index is 2.46. The number of aromatic carboxylic acids is 1. The summed E-state index contributed by atoms with van der Waals surface area (Å²) in [4.78, 5) is 10.7. The number of carboxylic acids is 1. The fraction of sp³-hybridized carbons (Fsp3) is 0.214. The van der Waals surface area contributed by atoms with E-state index in [4.69, 9.17) is 9.52 Å². The zero-order valence-corrected chi connectivity index (χ0v) is 12.6. The SMILES string of the molecule is Cc1ccc(N(C)S(=O)(=O)c2cc(C(=O)O)oc2C)cc1. The van der Waals surface area contributed by atoms with Crippen LogP contribution in [0.15, 0.2) is 39.6 Å². The predicted octanol–water partition coefficient (Wildman–Crippen LogP) is 2.42. The Morgan fingerprint density at radius 2 is 1.76 bits per heavy atom. The second-order valence-corrected chi connectivity index (χ2v) is 6.58. The van der Waals surface area contributed by atoms with Crippen LogP contribution in [0.5, 0.6) is 0 Å². The maximum absolute atomic E-state index is 12.5. The molecular formula is C14H15NO5S. The number of carboxylic acid groups (broad SMARTS) is 1. The Labute approximate surface area is 122 Å². The van der Waals surface area contributed by atoms with Crippen molar-refractivity contribution in [3.63, 3.8) is 0 Å². The highest BCUT2D eigenvalue weighted by atomic mass is 32.2. The van der Waals surface area contributed by atoms with Crippen LogP contribution in [0.1, 0.15) is 21.9 Å². The molecule has 0 atom stereocenters.